The number of rotatable bonds is 10. The summed E-state index contributed by atoms with van der Waals surface area (Å²) in [6, 6.07) is 14.0. The van der Waals surface area contributed by atoms with E-state index in [4.69, 9.17) is 23.4 Å². The molecule has 0 aliphatic carbocycles. The highest BCUT2D eigenvalue weighted by Crippen LogP contribution is 2.37. The predicted molar refractivity (Wildman–Crippen MR) is 152 cm³/mol. The van der Waals surface area contributed by atoms with Gasteiger partial charge in [0.25, 0.3) is 11.9 Å². The molecule has 11 nitrogen and oxygen atoms in total. The number of aryl methyl sites for hydroxylation is 1. The molecule has 0 saturated heterocycles. The third-order valence-electron chi connectivity index (χ3n) is 6.78. The number of hydrogen-bond donors (Lipinski definition) is 2. The molecule has 0 spiro atoms. The van der Waals surface area contributed by atoms with Gasteiger partial charge in [0.1, 0.15) is 0 Å². The molecule has 4 heterocycles. The minimum atomic E-state index is -1.52. The number of furan rings is 1. The van der Waals surface area contributed by atoms with Crippen LogP contribution in [0.25, 0.3) is 0 Å². The number of carbonyl (C=O) groups excluding carboxylic acids is 1. The minimum Gasteiger partial charge on any atom is -0.493 e. The van der Waals surface area contributed by atoms with Gasteiger partial charge in [0.05, 0.1) is 41.6 Å². The third kappa shape index (κ3) is 5.57. The summed E-state index contributed by atoms with van der Waals surface area (Å²) in [7, 11) is 2.96. The highest BCUT2D eigenvalue weighted by molar-refractivity contribution is 6.91. The van der Waals surface area contributed by atoms with Crippen molar-refractivity contribution in [3.05, 3.63) is 65.7 Å². The normalized spacial score (nSPS) is 13.3. The van der Waals surface area contributed by atoms with Gasteiger partial charge in [0.15, 0.2) is 22.9 Å². The number of carbonyl (C=O) groups is 1. The Morgan fingerprint density at radius 3 is 2.45 bits per heavy atom. The molecule has 0 bridgehead atoms. The van der Waals surface area contributed by atoms with Crippen molar-refractivity contribution in [1.82, 2.24) is 15.0 Å². The second-order valence-electron chi connectivity index (χ2n) is 9.83. The van der Waals surface area contributed by atoms with Gasteiger partial charge in [0, 0.05) is 12.3 Å². The lowest BCUT2D eigenvalue weighted by Gasteiger charge is -2.18. The molecule has 1 aliphatic heterocycles. The summed E-state index contributed by atoms with van der Waals surface area (Å²) in [5, 5.41) is 7.15. The predicted octanol–water partition coefficient (Wildman–Crippen LogP) is 4.62. The average Bonchev–Trinajstić information content (AvgIpc) is 3.56. The topological polar surface area (TPSA) is 130 Å². The molecule has 1 aromatic carbocycles. The first-order valence-corrected chi connectivity index (χ1v) is 16.0. The Bertz CT molecular complexity index is 1500. The van der Waals surface area contributed by atoms with Crippen LogP contribution >= 0.6 is 0 Å². The summed E-state index contributed by atoms with van der Waals surface area (Å²) >= 11 is 0. The van der Waals surface area contributed by atoms with Crippen LogP contribution in [0.1, 0.15) is 21.8 Å². The van der Waals surface area contributed by atoms with Crippen LogP contribution in [0.2, 0.25) is 19.1 Å². The van der Waals surface area contributed by atoms with Crippen molar-refractivity contribution in [1.29, 1.82) is 0 Å². The Morgan fingerprint density at radius 2 is 1.77 bits per heavy atom. The molecular formula is C28H31N5O6Si. The average molecular weight is 562 g/mol. The number of hydrogen-bond acceptors (Lipinski definition) is 10. The van der Waals surface area contributed by atoms with Gasteiger partial charge < -0.3 is 34.0 Å². The van der Waals surface area contributed by atoms with E-state index in [9.17, 15) is 4.79 Å². The quantitative estimate of drug-likeness (QED) is 0.265. The molecule has 1 aliphatic rings. The molecule has 40 heavy (non-hydrogen) atoms. The number of aromatic nitrogens is 3. The number of fused-ring (bicyclic) bond motifs is 1. The number of ether oxygens (including phenoxy) is 4. The number of methoxy groups -OCH3 is 3. The van der Waals surface area contributed by atoms with E-state index in [1.165, 1.54) is 37.1 Å². The number of pyridine rings is 1. The fourth-order valence-electron chi connectivity index (χ4n) is 4.61. The van der Waals surface area contributed by atoms with Crippen LogP contribution in [0, 0.1) is 0 Å². The molecule has 0 fully saturated rings. The van der Waals surface area contributed by atoms with E-state index in [1.54, 1.807) is 19.4 Å². The highest BCUT2D eigenvalue weighted by Gasteiger charge is 2.33. The van der Waals surface area contributed by atoms with Crippen LogP contribution in [-0.2, 0) is 13.0 Å². The van der Waals surface area contributed by atoms with Gasteiger partial charge in [-0.05, 0) is 48.4 Å². The van der Waals surface area contributed by atoms with E-state index in [2.05, 4.69) is 38.7 Å². The van der Waals surface area contributed by atoms with Crippen molar-refractivity contribution in [3.8, 4) is 29.2 Å². The van der Waals surface area contributed by atoms with Crippen molar-refractivity contribution >= 4 is 30.8 Å². The van der Waals surface area contributed by atoms with Crippen LogP contribution in [0.4, 0.5) is 11.6 Å². The lowest BCUT2D eigenvalue weighted by Crippen LogP contribution is -2.37. The van der Waals surface area contributed by atoms with E-state index in [0.717, 1.165) is 12.1 Å². The Kier molecular flexibility index (Phi) is 7.60. The molecule has 5 rings (SSSR count). The Balaban J connectivity index is 1.32. The molecule has 0 radical (unpaired) electrons. The Morgan fingerprint density at radius 1 is 1.00 bits per heavy atom. The zero-order chi connectivity index (χ0) is 28.3. The van der Waals surface area contributed by atoms with Crippen LogP contribution in [-0.4, -0.2) is 50.3 Å². The maximum Gasteiger partial charge on any atom is 0.291 e. The van der Waals surface area contributed by atoms with Crippen LogP contribution in [0.3, 0.4) is 0 Å². The van der Waals surface area contributed by atoms with Crippen molar-refractivity contribution in [2.24, 2.45) is 0 Å². The fourth-order valence-corrected chi connectivity index (χ4v) is 7.37. The van der Waals surface area contributed by atoms with E-state index >= 15 is 0 Å². The summed E-state index contributed by atoms with van der Waals surface area (Å²) in [6.07, 6.45) is 2.75. The first-order valence-electron chi connectivity index (χ1n) is 12.8. The zero-order valence-corrected chi connectivity index (χ0v) is 24.0. The standard InChI is InChI=1S/C28H31N5O6Si/c1-35-20-14-17-11-13-40(4,5)22(17)15-21(20)39-23-10-9-19(38-23)25(34)31-24-26(36-2)32-28(33-27(24)37-3)30-16-18-8-6-7-12-29-18/h6-10,12,14-15H,11,13,16H2,1-5H3,(H,31,34)(H,30,32,33). The number of anilines is 2. The minimum absolute atomic E-state index is 0.0197. The lowest BCUT2D eigenvalue weighted by molar-refractivity contribution is 0.0990. The van der Waals surface area contributed by atoms with Crippen molar-refractivity contribution in [2.45, 2.75) is 32.1 Å². The second-order valence-corrected chi connectivity index (χ2v) is 14.6. The van der Waals surface area contributed by atoms with Gasteiger partial charge in [-0.3, -0.25) is 9.78 Å². The molecule has 0 saturated carbocycles. The maximum atomic E-state index is 13.1. The monoisotopic (exact) mass is 561 g/mol. The van der Waals surface area contributed by atoms with Gasteiger partial charge in [-0.1, -0.05) is 24.3 Å². The van der Waals surface area contributed by atoms with E-state index < -0.39 is 14.0 Å². The molecule has 2 N–H and O–H groups in total. The van der Waals surface area contributed by atoms with Crippen LogP contribution in [0.5, 0.6) is 29.2 Å². The molecule has 1 amide bonds. The fraction of sp³-hybridized carbons (Fsp3) is 0.286. The van der Waals surface area contributed by atoms with Crippen molar-refractivity contribution in [3.63, 3.8) is 0 Å². The summed E-state index contributed by atoms with van der Waals surface area (Å²) in [4.78, 5) is 26.1. The second kappa shape index (κ2) is 11.3. The molecule has 208 valence electrons. The summed E-state index contributed by atoms with van der Waals surface area (Å²) in [6.45, 7) is 5.09. The molecule has 4 aromatic rings. The van der Waals surface area contributed by atoms with Gasteiger partial charge in [-0.15, -0.1) is 0 Å². The van der Waals surface area contributed by atoms with Crippen molar-refractivity contribution < 1.29 is 28.2 Å². The largest absolute Gasteiger partial charge is 0.493 e. The summed E-state index contributed by atoms with van der Waals surface area (Å²) in [5.74, 6) is 1.27. The van der Waals surface area contributed by atoms with E-state index in [1.807, 2.05) is 30.3 Å². The SMILES string of the molecule is COc1cc2c(cc1Oc1ccc(C(=O)Nc3c(OC)nc(NCc4ccccn4)nc3OC)o1)[Si](C)(C)CC2. The molecule has 3 aromatic heterocycles. The first-order chi connectivity index (χ1) is 19.3. The van der Waals surface area contributed by atoms with Gasteiger partial charge in [-0.2, -0.15) is 9.97 Å². The van der Waals surface area contributed by atoms with E-state index in [-0.39, 0.29) is 35.1 Å². The maximum absolute atomic E-state index is 13.1. The summed E-state index contributed by atoms with van der Waals surface area (Å²) in [5.41, 5.74) is 2.27. The van der Waals surface area contributed by atoms with Gasteiger partial charge >= 0.3 is 0 Å². The molecular weight excluding hydrogens is 530 g/mol. The van der Waals surface area contributed by atoms with Crippen molar-refractivity contribution in [2.75, 3.05) is 32.0 Å². The summed E-state index contributed by atoms with van der Waals surface area (Å²) < 4.78 is 28.2. The lowest BCUT2D eigenvalue weighted by atomic mass is 10.1. The van der Waals surface area contributed by atoms with Gasteiger partial charge in [-0.25, -0.2) is 0 Å². The Labute approximate surface area is 232 Å². The number of amides is 1. The van der Waals surface area contributed by atoms with Crippen LogP contribution < -0.4 is 34.8 Å². The highest BCUT2D eigenvalue weighted by atomic mass is 28.3. The smallest absolute Gasteiger partial charge is 0.291 e. The number of nitrogens with zero attached hydrogens (tertiary/aromatic N) is 3. The van der Waals surface area contributed by atoms with E-state index in [0.29, 0.717) is 18.0 Å². The number of nitrogens with one attached hydrogen (secondary N) is 2. The number of benzene rings is 1. The third-order valence-corrected chi connectivity index (χ3v) is 10.2. The first kappa shape index (κ1) is 27.0. The zero-order valence-electron chi connectivity index (χ0n) is 23.0. The Hall–Kier alpha value is -4.58. The van der Waals surface area contributed by atoms with Crippen LogP contribution in [0.15, 0.2) is 53.1 Å². The molecule has 0 atom stereocenters. The molecule has 12 heteroatoms. The molecule has 0 unspecified atom stereocenters. The van der Waals surface area contributed by atoms with Gasteiger partial charge in [0.2, 0.25) is 17.7 Å².